The molecule has 0 radical (unpaired) electrons. The minimum Gasteiger partial charge on any atom is -0.305 e. The lowest BCUT2D eigenvalue weighted by atomic mass is 10.1. The Kier molecular flexibility index (Phi) is 5.15. The van der Waals surface area contributed by atoms with Gasteiger partial charge in [0.25, 0.3) is 0 Å². The van der Waals surface area contributed by atoms with Gasteiger partial charge in [0.1, 0.15) is 5.01 Å². The highest BCUT2D eigenvalue weighted by Crippen LogP contribution is 2.20. The third kappa shape index (κ3) is 3.77. The molecular weight excluding hydrogens is 242 g/mol. The predicted molar refractivity (Wildman–Crippen MR) is 78.2 cm³/mol. The first-order valence-electron chi connectivity index (χ1n) is 7.09. The van der Waals surface area contributed by atoms with Crippen molar-refractivity contribution in [3.63, 3.8) is 0 Å². The molecule has 0 amide bonds. The fraction of sp³-hybridized carbons (Fsp3) is 0.786. The Bertz CT molecular complexity index is 364. The van der Waals surface area contributed by atoms with Crippen molar-refractivity contribution in [2.45, 2.75) is 52.1 Å². The maximum absolute atomic E-state index is 4.58. The van der Waals surface area contributed by atoms with Gasteiger partial charge in [-0.3, -0.25) is 0 Å². The van der Waals surface area contributed by atoms with Crippen molar-refractivity contribution >= 4 is 11.3 Å². The van der Waals surface area contributed by atoms with E-state index in [2.05, 4.69) is 41.4 Å². The summed E-state index contributed by atoms with van der Waals surface area (Å²) in [4.78, 5) is 7.13. The molecule has 1 aliphatic heterocycles. The van der Waals surface area contributed by atoms with E-state index < -0.39 is 0 Å². The molecule has 0 bridgehead atoms. The number of nitrogens with zero attached hydrogens (tertiary/aromatic N) is 2. The lowest BCUT2D eigenvalue weighted by molar-refractivity contribution is 0.295. The van der Waals surface area contributed by atoms with E-state index in [1.54, 1.807) is 11.3 Å². The number of aryl methyl sites for hydroxylation is 1. The molecule has 4 heteroatoms. The van der Waals surface area contributed by atoms with E-state index in [0.717, 1.165) is 5.69 Å². The Balaban J connectivity index is 1.85. The van der Waals surface area contributed by atoms with Crippen molar-refractivity contribution in [3.05, 3.63) is 16.1 Å². The van der Waals surface area contributed by atoms with Crippen LogP contribution in [0.15, 0.2) is 5.38 Å². The van der Waals surface area contributed by atoms with E-state index in [1.807, 2.05) is 0 Å². The maximum atomic E-state index is 4.58. The second kappa shape index (κ2) is 6.64. The molecule has 1 aromatic heterocycles. The molecule has 1 fully saturated rings. The Morgan fingerprint density at radius 2 is 2.33 bits per heavy atom. The van der Waals surface area contributed by atoms with E-state index in [-0.39, 0.29) is 0 Å². The smallest absolute Gasteiger partial charge is 0.110 e. The Labute approximate surface area is 115 Å². The molecule has 1 aliphatic rings. The number of likely N-dealkylation sites (tertiary alicyclic amines) is 1. The van der Waals surface area contributed by atoms with Gasteiger partial charge in [0, 0.05) is 17.1 Å². The highest BCUT2D eigenvalue weighted by atomic mass is 32.1. The van der Waals surface area contributed by atoms with Crippen LogP contribution in [0.2, 0.25) is 0 Å². The minimum absolute atomic E-state index is 0.391. The van der Waals surface area contributed by atoms with Crippen molar-refractivity contribution in [3.8, 4) is 0 Å². The molecule has 1 aromatic rings. The van der Waals surface area contributed by atoms with Crippen LogP contribution in [0.25, 0.3) is 0 Å². The third-order valence-corrected chi connectivity index (χ3v) is 4.91. The largest absolute Gasteiger partial charge is 0.305 e. The van der Waals surface area contributed by atoms with Crippen LogP contribution in [0.3, 0.4) is 0 Å². The lowest BCUT2D eigenvalue weighted by Gasteiger charge is -2.21. The number of thiazole rings is 1. The summed E-state index contributed by atoms with van der Waals surface area (Å²) in [6.07, 6.45) is 3.88. The number of hydrogen-bond donors (Lipinski definition) is 1. The summed E-state index contributed by atoms with van der Waals surface area (Å²) in [5.74, 6) is 0. The highest BCUT2D eigenvalue weighted by molar-refractivity contribution is 7.09. The van der Waals surface area contributed by atoms with Gasteiger partial charge in [-0.05, 0) is 52.7 Å². The van der Waals surface area contributed by atoms with Gasteiger partial charge in [0.2, 0.25) is 0 Å². The van der Waals surface area contributed by atoms with Gasteiger partial charge >= 0.3 is 0 Å². The summed E-state index contributed by atoms with van der Waals surface area (Å²) in [5, 5.41) is 7.12. The predicted octanol–water partition coefficient (Wildman–Crippen LogP) is 2.98. The molecule has 0 saturated carbocycles. The number of nitrogens with one attached hydrogen (secondary N) is 1. The fourth-order valence-electron chi connectivity index (χ4n) is 2.63. The first-order valence-corrected chi connectivity index (χ1v) is 7.97. The molecule has 2 rings (SSSR count). The number of aromatic nitrogens is 1. The molecule has 2 unspecified atom stereocenters. The summed E-state index contributed by atoms with van der Waals surface area (Å²) in [7, 11) is 0. The summed E-state index contributed by atoms with van der Waals surface area (Å²) in [6, 6.07) is 1.04. The summed E-state index contributed by atoms with van der Waals surface area (Å²) >= 11 is 1.77. The van der Waals surface area contributed by atoms with Crippen molar-refractivity contribution in [2.24, 2.45) is 0 Å². The molecule has 2 heterocycles. The average molecular weight is 267 g/mol. The van der Waals surface area contributed by atoms with Crippen molar-refractivity contribution < 1.29 is 0 Å². The molecular formula is C14H25N3S. The van der Waals surface area contributed by atoms with E-state index >= 15 is 0 Å². The van der Waals surface area contributed by atoms with Gasteiger partial charge in [0.15, 0.2) is 0 Å². The number of rotatable bonds is 4. The molecule has 2 atom stereocenters. The summed E-state index contributed by atoms with van der Waals surface area (Å²) < 4.78 is 0. The first-order chi connectivity index (χ1) is 8.69. The van der Waals surface area contributed by atoms with Gasteiger partial charge in [-0.1, -0.05) is 6.92 Å². The fourth-order valence-corrected chi connectivity index (χ4v) is 3.45. The van der Waals surface area contributed by atoms with Gasteiger partial charge < -0.3 is 10.2 Å². The zero-order chi connectivity index (χ0) is 13.0. The SMILES string of the molecule is CCN1CCCC(NC(C)c2nc(C)cs2)CC1. The normalized spacial score (nSPS) is 23.8. The standard InChI is InChI=1S/C14H25N3S/c1-4-17-8-5-6-13(7-9-17)16-12(3)14-15-11(2)10-18-14/h10,12-13,16H,4-9H2,1-3H3. The Morgan fingerprint density at radius 1 is 1.50 bits per heavy atom. The second-order valence-electron chi connectivity index (χ2n) is 5.28. The summed E-state index contributed by atoms with van der Waals surface area (Å²) in [6.45, 7) is 10.2. The van der Waals surface area contributed by atoms with Gasteiger partial charge in [-0.2, -0.15) is 0 Å². The monoisotopic (exact) mass is 267 g/mol. The van der Waals surface area contributed by atoms with E-state index in [4.69, 9.17) is 0 Å². The summed E-state index contributed by atoms with van der Waals surface area (Å²) in [5.41, 5.74) is 1.14. The van der Waals surface area contributed by atoms with Crippen LogP contribution in [-0.2, 0) is 0 Å². The third-order valence-electron chi connectivity index (χ3n) is 3.76. The topological polar surface area (TPSA) is 28.2 Å². The minimum atomic E-state index is 0.391. The van der Waals surface area contributed by atoms with Crippen LogP contribution < -0.4 is 5.32 Å². The van der Waals surface area contributed by atoms with Crippen molar-refractivity contribution in [2.75, 3.05) is 19.6 Å². The van der Waals surface area contributed by atoms with Gasteiger partial charge in [-0.15, -0.1) is 11.3 Å². The van der Waals surface area contributed by atoms with Crippen LogP contribution in [0.5, 0.6) is 0 Å². The van der Waals surface area contributed by atoms with Crippen LogP contribution in [-0.4, -0.2) is 35.6 Å². The Hall–Kier alpha value is -0.450. The van der Waals surface area contributed by atoms with E-state index in [0.29, 0.717) is 12.1 Å². The molecule has 1 saturated heterocycles. The number of hydrogen-bond acceptors (Lipinski definition) is 4. The molecule has 0 spiro atoms. The van der Waals surface area contributed by atoms with Crippen LogP contribution in [0, 0.1) is 6.92 Å². The van der Waals surface area contributed by atoms with E-state index in [1.165, 1.54) is 43.9 Å². The van der Waals surface area contributed by atoms with Crippen LogP contribution in [0.4, 0.5) is 0 Å². The van der Waals surface area contributed by atoms with Crippen molar-refractivity contribution in [1.82, 2.24) is 15.2 Å². The van der Waals surface area contributed by atoms with E-state index in [9.17, 15) is 0 Å². The zero-order valence-electron chi connectivity index (χ0n) is 11.8. The quantitative estimate of drug-likeness (QED) is 0.909. The van der Waals surface area contributed by atoms with Gasteiger partial charge in [-0.25, -0.2) is 4.98 Å². The zero-order valence-corrected chi connectivity index (χ0v) is 12.6. The average Bonchev–Trinajstić information content (AvgIpc) is 2.67. The lowest BCUT2D eigenvalue weighted by Crippen LogP contribution is -2.32. The maximum Gasteiger partial charge on any atom is 0.110 e. The van der Waals surface area contributed by atoms with Crippen LogP contribution in [0.1, 0.15) is 49.9 Å². The second-order valence-corrected chi connectivity index (χ2v) is 6.17. The molecule has 3 nitrogen and oxygen atoms in total. The first kappa shape index (κ1) is 14.0. The van der Waals surface area contributed by atoms with Crippen LogP contribution >= 0.6 is 11.3 Å². The van der Waals surface area contributed by atoms with Gasteiger partial charge in [0.05, 0.1) is 6.04 Å². The highest BCUT2D eigenvalue weighted by Gasteiger charge is 2.19. The molecule has 0 aromatic carbocycles. The molecule has 1 N–H and O–H groups in total. The van der Waals surface area contributed by atoms with Crippen molar-refractivity contribution in [1.29, 1.82) is 0 Å². The molecule has 0 aliphatic carbocycles. The Morgan fingerprint density at radius 3 is 3.00 bits per heavy atom. The molecule has 18 heavy (non-hydrogen) atoms. The molecule has 102 valence electrons.